The molecule has 0 bridgehead atoms. The highest BCUT2D eigenvalue weighted by atomic mass is 16.2. The van der Waals surface area contributed by atoms with Gasteiger partial charge in [-0.2, -0.15) is 0 Å². The molecule has 9 nitrogen and oxygen atoms in total. The van der Waals surface area contributed by atoms with Crippen LogP contribution in [0.4, 0.5) is 15.3 Å². The van der Waals surface area contributed by atoms with Crippen molar-refractivity contribution in [2.75, 3.05) is 5.32 Å². The Morgan fingerprint density at radius 1 is 1.13 bits per heavy atom. The molecule has 31 heavy (non-hydrogen) atoms. The van der Waals surface area contributed by atoms with Gasteiger partial charge < -0.3 is 21.3 Å². The van der Waals surface area contributed by atoms with Gasteiger partial charge in [-0.05, 0) is 49.6 Å². The van der Waals surface area contributed by atoms with E-state index in [1.54, 1.807) is 36.5 Å². The molecule has 0 spiro atoms. The number of fused-ring (bicyclic) bond motifs is 1. The molecule has 0 aliphatic heterocycles. The zero-order valence-corrected chi connectivity index (χ0v) is 17.1. The summed E-state index contributed by atoms with van der Waals surface area (Å²) < 4.78 is 1.44. The Morgan fingerprint density at radius 3 is 2.65 bits per heavy atom. The van der Waals surface area contributed by atoms with Gasteiger partial charge in [-0.25, -0.2) is 14.6 Å². The Bertz CT molecular complexity index is 1150. The van der Waals surface area contributed by atoms with Crippen molar-refractivity contribution in [3.63, 3.8) is 0 Å². The normalized spacial score (nSPS) is 14.0. The summed E-state index contributed by atoms with van der Waals surface area (Å²) in [5, 5.41) is 11.2. The predicted molar refractivity (Wildman–Crippen MR) is 117 cm³/mol. The largest absolute Gasteiger partial charge is 0.335 e. The van der Waals surface area contributed by atoms with E-state index in [2.05, 4.69) is 26.3 Å². The summed E-state index contributed by atoms with van der Waals surface area (Å²) in [6, 6.07) is 13.5. The smallest absolute Gasteiger partial charge is 0.319 e. The molecule has 1 aromatic carbocycles. The SMILES string of the molecule is CC(NC(=O)NCc1cc(=O)n2ccccc2n1)c1ccc(NC(=O)NC2CC2)cc1. The molecule has 2 aromatic heterocycles. The molecule has 1 aliphatic rings. The maximum atomic E-state index is 12.3. The first-order valence-electron chi connectivity index (χ1n) is 10.2. The molecule has 2 heterocycles. The Hall–Kier alpha value is -3.88. The number of hydrogen-bond donors (Lipinski definition) is 4. The molecule has 1 atom stereocenters. The van der Waals surface area contributed by atoms with E-state index >= 15 is 0 Å². The Kier molecular flexibility index (Phi) is 5.83. The number of nitrogens with zero attached hydrogens (tertiary/aromatic N) is 2. The highest BCUT2D eigenvalue weighted by Crippen LogP contribution is 2.19. The third kappa shape index (κ3) is 5.39. The Morgan fingerprint density at radius 2 is 1.90 bits per heavy atom. The second-order valence-corrected chi connectivity index (χ2v) is 7.56. The van der Waals surface area contributed by atoms with E-state index in [0.717, 1.165) is 18.4 Å². The number of urea groups is 2. The molecule has 4 N–H and O–H groups in total. The van der Waals surface area contributed by atoms with Crippen molar-refractivity contribution < 1.29 is 9.59 Å². The summed E-state index contributed by atoms with van der Waals surface area (Å²) in [6.45, 7) is 2.00. The first kappa shape index (κ1) is 20.4. The molecular formula is C22H24N6O3. The van der Waals surface area contributed by atoms with Crippen LogP contribution in [0, 0.1) is 0 Å². The van der Waals surface area contributed by atoms with Crippen LogP contribution in [0.25, 0.3) is 5.65 Å². The number of aromatic nitrogens is 2. The van der Waals surface area contributed by atoms with E-state index in [4.69, 9.17) is 0 Å². The molecular weight excluding hydrogens is 396 g/mol. The number of carbonyl (C=O) groups is 2. The minimum absolute atomic E-state index is 0.137. The second kappa shape index (κ2) is 8.86. The standard InChI is InChI=1S/C22H24N6O3/c1-14(15-5-7-16(8-6-15)26-22(31)27-17-9-10-17)24-21(30)23-13-18-12-20(29)28-11-3-2-4-19(28)25-18/h2-8,11-12,14,17H,9-10,13H2,1H3,(H2,23,24,30)(H2,26,27,31). The van der Waals surface area contributed by atoms with Gasteiger partial charge in [0.2, 0.25) is 0 Å². The van der Waals surface area contributed by atoms with Crippen LogP contribution in [0.15, 0.2) is 59.5 Å². The molecule has 1 aliphatic carbocycles. The number of anilines is 1. The van der Waals surface area contributed by atoms with Gasteiger partial charge >= 0.3 is 12.1 Å². The van der Waals surface area contributed by atoms with Gasteiger partial charge in [-0.3, -0.25) is 9.20 Å². The minimum Gasteiger partial charge on any atom is -0.335 e. The van der Waals surface area contributed by atoms with Crippen molar-refractivity contribution in [2.24, 2.45) is 0 Å². The lowest BCUT2D eigenvalue weighted by molar-refractivity contribution is 0.237. The Labute approximate surface area is 178 Å². The van der Waals surface area contributed by atoms with Gasteiger partial charge in [0.25, 0.3) is 5.56 Å². The van der Waals surface area contributed by atoms with E-state index < -0.39 is 0 Å². The molecule has 9 heteroatoms. The van der Waals surface area contributed by atoms with Crippen LogP contribution < -0.4 is 26.8 Å². The van der Waals surface area contributed by atoms with E-state index in [1.807, 2.05) is 19.1 Å². The van der Waals surface area contributed by atoms with Crippen molar-refractivity contribution in [3.8, 4) is 0 Å². The molecule has 4 rings (SSSR count). The fourth-order valence-corrected chi connectivity index (χ4v) is 3.13. The summed E-state index contributed by atoms with van der Waals surface area (Å²) in [5.74, 6) is 0. The minimum atomic E-state index is -0.367. The maximum Gasteiger partial charge on any atom is 0.319 e. The van der Waals surface area contributed by atoms with Gasteiger partial charge in [0, 0.05) is 24.0 Å². The van der Waals surface area contributed by atoms with Gasteiger partial charge in [-0.1, -0.05) is 18.2 Å². The summed E-state index contributed by atoms with van der Waals surface area (Å²) in [4.78, 5) is 40.6. The van der Waals surface area contributed by atoms with Crippen LogP contribution in [0.1, 0.15) is 37.1 Å². The van der Waals surface area contributed by atoms with Gasteiger partial charge in [0.1, 0.15) is 5.65 Å². The third-order valence-corrected chi connectivity index (χ3v) is 4.98. The number of pyridine rings is 1. The summed E-state index contributed by atoms with van der Waals surface area (Å²) in [5.41, 5.74) is 2.40. The number of nitrogens with one attached hydrogen (secondary N) is 4. The number of rotatable bonds is 6. The number of hydrogen-bond acceptors (Lipinski definition) is 4. The molecule has 0 radical (unpaired) electrons. The first-order valence-corrected chi connectivity index (χ1v) is 10.2. The molecule has 1 fully saturated rings. The molecule has 3 aromatic rings. The van der Waals surface area contributed by atoms with E-state index in [0.29, 0.717) is 23.1 Å². The van der Waals surface area contributed by atoms with Crippen molar-refractivity contribution in [2.45, 2.75) is 38.4 Å². The highest BCUT2D eigenvalue weighted by molar-refractivity contribution is 5.89. The zero-order valence-electron chi connectivity index (χ0n) is 17.1. The monoisotopic (exact) mass is 420 g/mol. The fraction of sp³-hybridized carbons (Fsp3) is 0.273. The van der Waals surface area contributed by atoms with Crippen molar-refractivity contribution in [1.82, 2.24) is 25.3 Å². The molecule has 160 valence electrons. The lowest BCUT2D eigenvalue weighted by atomic mass is 10.1. The topological polar surface area (TPSA) is 117 Å². The zero-order chi connectivity index (χ0) is 21.8. The average Bonchev–Trinajstić information content (AvgIpc) is 3.56. The fourth-order valence-electron chi connectivity index (χ4n) is 3.13. The van der Waals surface area contributed by atoms with E-state index in [9.17, 15) is 14.4 Å². The maximum absolute atomic E-state index is 12.3. The van der Waals surface area contributed by atoms with Crippen LogP contribution in [-0.4, -0.2) is 27.5 Å². The van der Waals surface area contributed by atoms with Gasteiger partial charge in [0.05, 0.1) is 18.3 Å². The van der Waals surface area contributed by atoms with Gasteiger partial charge in [0.15, 0.2) is 0 Å². The summed E-state index contributed by atoms with van der Waals surface area (Å²) in [6.07, 6.45) is 3.72. The number of carbonyl (C=O) groups excluding carboxylic acids is 2. The third-order valence-electron chi connectivity index (χ3n) is 4.98. The second-order valence-electron chi connectivity index (χ2n) is 7.56. The molecule has 4 amide bonds. The molecule has 1 unspecified atom stereocenters. The lowest BCUT2D eigenvalue weighted by Gasteiger charge is -2.16. The van der Waals surface area contributed by atoms with Crippen LogP contribution in [0.3, 0.4) is 0 Å². The van der Waals surface area contributed by atoms with Crippen LogP contribution >= 0.6 is 0 Å². The van der Waals surface area contributed by atoms with Crippen LogP contribution in [0.2, 0.25) is 0 Å². The van der Waals surface area contributed by atoms with Crippen molar-refractivity contribution >= 4 is 23.4 Å². The van der Waals surface area contributed by atoms with E-state index in [-0.39, 0.29) is 30.2 Å². The van der Waals surface area contributed by atoms with Crippen LogP contribution in [-0.2, 0) is 6.54 Å². The molecule has 1 saturated carbocycles. The molecule has 0 saturated heterocycles. The number of benzene rings is 1. The highest BCUT2D eigenvalue weighted by Gasteiger charge is 2.23. The van der Waals surface area contributed by atoms with E-state index in [1.165, 1.54) is 10.5 Å². The summed E-state index contributed by atoms with van der Waals surface area (Å²) in [7, 11) is 0. The first-order chi connectivity index (χ1) is 15.0. The quantitative estimate of drug-likeness (QED) is 0.490. The van der Waals surface area contributed by atoms with Crippen molar-refractivity contribution in [1.29, 1.82) is 0 Å². The Balaban J connectivity index is 1.29. The number of amides is 4. The average molecular weight is 420 g/mol. The predicted octanol–water partition coefficient (Wildman–Crippen LogP) is 2.54. The summed E-state index contributed by atoms with van der Waals surface area (Å²) >= 11 is 0. The lowest BCUT2D eigenvalue weighted by Crippen LogP contribution is -2.37. The van der Waals surface area contributed by atoms with Crippen molar-refractivity contribution in [3.05, 3.63) is 76.3 Å². The van der Waals surface area contributed by atoms with Crippen LogP contribution in [0.5, 0.6) is 0 Å². The van der Waals surface area contributed by atoms with Gasteiger partial charge in [-0.15, -0.1) is 0 Å².